The number of amides is 1. The lowest BCUT2D eigenvalue weighted by molar-refractivity contribution is -0.0113. The molecule has 1 heterocycles. The van der Waals surface area contributed by atoms with Crippen molar-refractivity contribution in [2.75, 3.05) is 26.7 Å². The Bertz CT molecular complexity index is 476. The number of hydrogen-bond acceptors (Lipinski definition) is 3. The fraction of sp³-hybridized carbons (Fsp3) is 0.562. The van der Waals surface area contributed by atoms with E-state index in [1.54, 1.807) is 24.3 Å². The minimum absolute atomic E-state index is 0. The van der Waals surface area contributed by atoms with Gasteiger partial charge in [0.05, 0.1) is 6.10 Å². The smallest absolute Gasteiger partial charge is 0.253 e. The second-order valence-corrected chi connectivity index (χ2v) is 6.17. The highest BCUT2D eigenvalue weighted by Gasteiger charge is 2.29. The van der Waals surface area contributed by atoms with Crippen molar-refractivity contribution in [2.45, 2.75) is 31.9 Å². The molecule has 1 aromatic rings. The van der Waals surface area contributed by atoms with Crippen LogP contribution in [-0.2, 0) is 0 Å². The molecule has 1 saturated heterocycles. The predicted molar refractivity (Wildman–Crippen MR) is 91.9 cm³/mol. The third kappa shape index (κ3) is 4.85. The topological polar surface area (TPSA) is 43.8 Å². The Balaban J connectivity index is 0.00000242. The zero-order valence-electron chi connectivity index (χ0n) is 13.0. The van der Waals surface area contributed by atoms with E-state index >= 15 is 0 Å². The molecule has 6 heteroatoms. The Kier molecular flexibility index (Phi) is 7.63. The van der Waals surface area contributed by atoms with Gasteiger partial charge in [-0.25, -0.2) is 0 Å². The Morgan fingerprint density at radius 3 is 2.50 bits per heavy atom. The molecule has 4 nitrogen and oxygen atoms in total. The number of carbonyl (C=O) groups excluding carboxylic acids is 1. The van der Waals surface area contributed by atoms with E-state index in [0.717, 1.165) is 19.4 Å². The molecule has 1 aliphatic heterocycles. The molecule has 1 aromatic carbocycles. The summed E-state index contributed by atoms with van der Waals surface area (Å²) in [4.78, 5) is 16.5. The van der Waals surface area contributed by atoms with E-state index in [1.165, 1.54) is 0 Å². The third-order valence-corrected chi connectivity index (χ3v) is 4.24. The average Bonchev–Trinajstić information content (AvgIpc) is 2.44. The van der Waals surface area contributed by atoms with Crippen LogP contribution in [0, 0.1) is 0 Å². The van der Waals surface area contributed by atoms with E-state index in [0.29, 0.717) is 23.7 Å². The van der Waals surface area contributed by atoms with Crippen molar-refractivity contribution in [2.24, 2.45) is 0 Å². The Morgan fingerprint density at radius 1 is 1.41 bits per heavy atom. The van der Waals surface area contributed by atoms with Crippen molar-refractivity contribution in [3.63, 3.8) is 0 Å². The van der Waals surface area contributed by atoms with Crippen molar-refractivity contribution >= 4 is 29.9 Å². The second-order valence-electron chi connectivity index (χ2n) is 5.74. The Morgan fingerprint density at radius 2 is 2.00 bits per heavy atom. The standard InChI is InChI=1S/C16H23ClN2O2.ClH/c1-3-4-14(9-19-10-15(20)11-19)18(2)16(21)12-5-7-13(17)8-6-12;/h5-8,14-15,20H,3-4,9-11H2,1-2H3;1H. The summed E-state index contributed by atoms with van der Waals surface area (Å²) in [5.41, 5.74) is 0.659. The summed E-state index contributed by atoms with van der Waals surface area (Å²) in [7, 11) is 1.85. The summed E-state index contributed by atoms with van der Waals surface area (Å²) in [6.07, 6.45) is 1.78. The van der Waals surface area contributed by atoms with Crippen molar-refractivity contribution in [3.8, 4) is 0 Å². The highest BCUT2D eigenvalue weighted by Crippen LogP contribution is 2.17. The molecular formula is C16H24Cl2N2O2. The lowest BCUT2D eigenvalue weighted by Gasteiger charge is -2.40. The second kappa shape index (κ2) is 8.73. The van der Waals surface area contributed by atoms with Gasteiger partial charge in [-0.3, -0.25) is 9.69 Å². The zero-order valence-corrected chi connectivity index (χ0v) is 14.6. The monoisotopic (exact) mass is 346 g/mol. The number of carbonyl (C=O) groups is 1. The van der Waals surface area contributed by atoms with E-state index in [9.17, 15) is 9.90 Å². The molecule has 0 bridgehead atoms. The first kappa shape index (κ1) is 19.2. The van der Waals surface area contributed by atoms with E-state index < -0.39 is 0 Å². The molecule has 1 fully saturated rings. The van der Waals surface area contributed by atoms with Gasteiger partial charge in [0.15, 0.2) is 0 Å². The van der Waals surface area contributed by atoms with Crippen LogP contribution >= 0.6 is 24.0 Å². The quantitative estimate of drug-likeness (QED) is 0.861. The Labute approximate surface area is 143 Å². The normalized spacial score (nSPS) is 16.5. The molecule has 1 atom stereocenters. The predicted octanol–water partition coefficient (Wildman–Crippen LogP) is 2.68. The summed E-state index contributed by atoms with van der Waals surface area (Å²) in [5, 5.41) is 10.0. The van der Waals surface area contributed by atoms with Crippen LogP contribution in [0.4, 0.5) is 0 Å². The largest absolute Gasteiger partial charge is 0.390 e. The first-order chi connectivity index (χ1) is 10.0. The first-order valence-corrected chi connectivity index (χ1v) is 7.82. The van der Waals surface area contributed by atoms with E-state index in [1.807, 2.05) is 11.9 Å². The minimum atomic E-state index is -0.204. The van der Waals surface area contributed by atoms with Crippen LogP contribution in [0.15, 0.2) is 24.3 Å². The fourth-order valence-electron chi connectivity index (χ4n) is 2.69. The van der Waals surface area contributed by atoms with Gasteiger partial charge < -0.3 is 10.0 Å². The molecule has 0 aromatic heterocycles. The van der Waals surface area contributed by atoms with Gasteiger partial charge in [-0.05, 0) is 30.7 Å². The lowest BCUT2D eigenvalue weighted by Crippen LogP contribution is -2.55. The van der Waals surface area contributed by atoms with E-state index in [4.69, 9.17) is 11.6 Å². The molecule has 0 spiro atoms. The number of nitrogens with zero attached hydrogens (tertiary/aromatic N) is 2. The van der Waals surface area contributed by atoms with Gasteiger partial charge in [-0.15, -0.1) is 12.4 Å². The van der Waals surface area contributed by atoms with E-state index in [2.05, 4.69) is 11.8 Å². The number of benzene rings is 1. The minimum Gasteiger partial charge on any atom is -0.390 e. The van der Waals surface area contributed by atoms with Crippen molar-refractivity contribution < 1.29 is 9.90 Å². The number of β-amino-alcohol motifs (C(OH)–C–C–N with tert-alkyl or cyclic N) is 1. The summed E-state index contributed by atoms with van der Waals surface area (Å²) < 4.78 is 0. The molecule has 124 valence electrons. The van der Waals surface area contributed by atoms with Gasteiger partial charge in [0, 0.05) is 43.3 Å². The van der Waals surface area contributed by atoms with Crippen LogP contribution in [-0.4, -0.2) is 59.6 Å². The summed E-state index contributed by atoms with van der Waals surface area (Å²) >= 11 is 5.86. The van der Waals surface area contributed by atoms with Crippen LogP contribution < -0.4 is 0 Å². The number of rotatable bonds is 6. The van der Waals surface area contributed by atoms with Gasteiger partial charge in [-0.1, -0.05) is 24.9 Å². The van der Waals surface area contributed by atoms with Crippen molar-refractivity contribution in [3.05, 3.63) is 34.9 Å². The molecule has 0 aliphatic carbocycles. The lowest BCUT2D eigenvalue weighted by atomic mass is 10.1. The highest BCUT2D eigenvalue weighted by molar-refractivity contribution is 6.30. The van der Waals surface area contributed by atoms with Crippen LogP contribution in [0.5, 0.6) is 0 Å². The number of aliphatic hydroxyl groups is 1. The molecule has 1 aliphatic rings. The van der Waals surface area contributed by atoms with Crippen molar-refractivity contribution in [1.82, 2.24) is 9.80 Å². The summed E-state index contributed by atoms with van der Waals surface area (Å²) in [5.74, 6) is 0.0196. The maximum atomic E-state index is 12.5. The molecule has 2 rings (SSSR count). The number of halogens is 2. The van der Waals surface area contributed by atoms with Crippen LogP contribution in [0.25, 0.3) is 0 Å². The molecule has 0 radical (unpaired) electrons. The summed E-state index contributed by atoms with van der Waals surface area (Å²) in [6.45, 7) is 4.37. The van der Waals surface area contributed by atoms with E-state index in [-0.39, 0.29) is 30.5 Å². The molecule has 22 heavy (non-hydrogen) atoms. The van der Waals surface area contributed by atoms with Crippen LogP contribution in [0.3, 0.4) is 0 Å². The maximum Gasteiger partial charge on any atom is 0.253 e. The Hall–Kier alpha value is -0.810. The number of likely N-dealkylation sites (tertiary alicyclic amines) is 1. The molecular weight excluding hydrogens is 323 g/mol. The van der Waals surface area contributed by atoms with Gasteiger partial charge in [-0.2, -0.15) is 0 Å². The molecule has 1 N–H and O–H groups in total. The van der Waals surface area contributed by atoms with Gasteiger partial charge in [0.1, 0.15) is 0 Å². The molecule has 1 unspecified atom stereocenters. The number of aliphatic hydroxyl groups excluding tert-OH is 1. The van der Waals surface area contributed by atoms with Gasteiger partial charge in [0.2, 0.25) is 0 Å². The maximum absolute atomic E-state index is 12.5. The molecule has 1 amide bonds. The first-order valence-electron chi connectivity index (χ1n) is 7.44. The highest BCUT2D eigenvalue weighted by atomic mass is 35.5. The zero-order chi connectivity index (χ0) is 15.4. The van der Waals surface area contributed by atoms with Gasteiger partial charge >= 0.3 is 0 Å². The average molecular weight is 347 g/mol. The third-order valence-electron chi connectivity index (χ3n) is 3.99. The fourth-order valence-corrected chi connectivity index (χ4v) is 2.82. The van der Waals surface area contributed by atoms with Gasteiger partial charge in [0.25, 0.3) is 5.91 Å². The van der Waals surface area contributed by atoms with Crippen LogP contribution in [0.2, 0.25) is 5.02 Å². The number of hydrogen-bond donors (Lipinski definition) is 1. The summed E-state index contributed by atoms with van der Waals surface area (Å²) in [6, 6.07) is 7.17. The van der Waals surface area contributed by atoms with Crippen molar-refractivity contribution in [1.29, 1.82) is 0 Å². The molecule has 0 saturated carbocycles. The SMILES string of the molecule is CCCC(CN1CC(O)C1)N(C)C(=O)c1ccc(Cl)cc1.Cl. The number of likely N-dealkylation sites (N-methyl/N-ethyl adjacent to an activating group) is 1. The van der Waals surface area contributed by atoms with Crippen LogP contribution in [0.1, 0.15) is 30.1 Å².